The van der Waals surface area contributed by atoms with Crippen LogP contribution < -0.4 is 10.5 Å². The van der Waals surface area contributed by atoms with E-state index >= 15 is 0 Å². The van der Waals surface area contributed by atoms with Crippen molar-refractivity contribution in [3.63, 3.8) is 0 Å². The molecule has 0 saturated carbocycles. The molecule has 1 aromatic heterocycles. The molecule has 0 spiro atoms. The molecule has 104 valence electrons. The number of benzene rings is 1. The molecule has 0 saturated heterocycles. The van der Waals surface area contributed by atoms with Gasteiger partial charge in [0, 0.05) is 12.6 Å². The molecule has 1 heterocycles. The van der Waals surface area contributed by atoms with Gasteiger partial charge in [-0.2, -0.15) is 0 Å². The summed E-state index contributed by atoms with van der Waals surface area (Å²) in [5, 5.41) is 11.5. The van der Waals surface area contributed by atoms with E-state index in [9.17, 15) is 0 Å². The molecule has 0 fully saturated rings. The van der Waals surface area contributed by atoms with Gasteiger partial charge in [-0.1, -0.05) is 23.4 Å². The van der Waals surface area contributed by atoms with Crippen LogP contribution >= 0.6 is 0 Å². The van der Waals surface area contributed by atoms with Crippen LogP contribution in [0, 0.1) is 6.92 Å². The molecule has 0 radical (unpaired) electrons. The van der Waals surface area contributed by atoms with E-state index in [1.807, 2.05) is 43.3 Å². The fourth-order valence-electron chi connectivity index (χ4n) is 1.77. The van der Waals surface area contributed by atoms with Crippen molar-refractivity contribution in [3.05, 3.63) is 59.4 Å². The Morgan fingerprint density at radius 2 is 2.05 bits per heavy atom. The lowest BCUT2D eigenvalue weighted by molar-refractivity contribution is 0.300. The highest BCUT2D eigenvalue weighted by atomic mass is 16.5. The highest BCUT2D eigenvalue weighted by molar-refractivity contribution is 5.82. The van der Waals surface area contributed by atoms with Crippen molar-refractivity contribution < 1.29 is 9.94 Å². The van der Waals surface area contributed by atoms with Crippen LogP contribution in [0.15, 0.2) is 47.8 Å². The van der Waals surface area contributed by atoms with Gasteiger partial charge >= 0.3 is 0 Å². The fourth-order valence-corrected chi connectivity index (χ4v) is 1.77. The SMILES string of the molecule is Cc1cccnc1COc1ccc(C/C(N)=N/O)cc1. The lowest BCUT2D eigenvalue weighted by Crippen LogP contribution is -2.14. The van der Waals surface area contributed by atoms with Crippen molar-refractivity contribution in [2.24, 2.45) is 10.9 Å². The Labute approximate surface area is 117 Å². The number of ether oxygens (including phenoxy) is 1. The Kier molecular flexibility index (Phi) is 4.55. The quantitative estimate of drug-likeness (QED) is 0.378. The highest BCUT2D eigenvalue weighted by Gasteiger charge is 2.02. The van der Waals surface area contributed by atoms with Gasteiger partial charge in [0.2, 0.25) is 0 Å². The lowest BCUT2D eigenvalue weighted by atomic mass is 10.1. The number of pyridine rings is 1. The molecule has 3 N–H and O–H groups in total. The molecule has 0 atom stereocenters. The fraction of sp³-hybridized carbons (Fsp3) is 0.200. The van der Waals surface area contributed by atoms with Crippen molar-refractivity contribution >= 4 is 5.84 Å². The molecule has 0 unspecified atom stereocenters. The van der Waals surface area contributed by atoms with Gasteiger partial charge in [0.25, 0.3) is 0 Å². The van der Waals surface area contributed by atoms with Crippen LogP contribution in [-0.4, -0.2) is 16.0 Å². The number of hydrogen-bond donors (Lipinski definition) is 2. The highest BCUT2D eigenvalue weighted by Crippen LogP contribution is 2.15. The Morgan fingerprint density at radius 1 is 1.30 bits per heavy atom. The van der Waals surface area contributed by atoms with E-state index in [1.165, 1.54) is 0 Å². The van der Waals surface area contributed by atoms with Gasteiger partial charge in [0.1, 0.15) is 18.2 Å². The van der Waals surface area contributed by atoms with E-state index in [-0.39, 0.29) is 5.84 Å². The lowest BCUT2D eigenvalue weighted by Gasteiger charge is -2.08. The summed E-state index contributed by atoms with van der Waals surface area (Å²) in [5.74, 6) is 0.945. The zero-order valence-corrected chi connectivity index (χ0v) is 11.3. The summed E-state index contributed by atoms with van der Waals surface area (Å²) < 4.78 is 5.69. The maximum Gasteiger partial charge on any atom is 0.143 e. The average Bonchev–Trinajstić information content (AvgIpc) is 2.48. The van der Waals surface area contributed by atoms with Crippen molar-refractivity contribution in [1.29, 1.82) is 0 Å². The number of oxime groups is 1. The van der Waals surface area contributed by atoms with Gasteiger partial charge < -0.3 is 15.7 Å². The first-order valence-corrected chi connectivity index (χ1v) is 6.27. The van der Waals surface area contributed by atoms with E-state index in [1.54, 1.807) is 6.20 Å². The second kappa shape index (κ2) is 6.56. The van der Waals surface area contributed by atoms with Crippen molar-refractivity contribution in [2.45, 2.75) is 20.0 Å². The molecule has 5 heteroatoms. The van der Waals surface area contributed by atoms with E-state index in [0.29, 0.717) is 13.0 Å². The molecular weight excluding hydrogens is 254 g/mol. The zero-order chi connectivity index (χ0) is 14.4. The summed E-state index contributed by atoms with van der Waals surface area (Å²) in [6.45, 7) is 2.44. The maximum absolute atomic E-state index is 8.52. The van der Waals surface area contributed by atoms with E-state index in [4.69, 9.17) is 15.7 Å². The molecule has 5 nitrogen and oxygen atoms in total. The third-order valence-electron chi connectivity index (χ3n) is 2.93. The first kappa shape index (κ1) is 13.9. The third-order valence-corrected chi connectivity index (χ3v) is 2.93. The van der Waals surface area contributed by atoms with Crippen LogP contribution in [0.4, 0.5) is 0 Å². The average molecular weight is 271 g/mol. The predicted octanol–water partition coefficient (Wildman–Crippen LogP) is 2.26. The molecule has 0 bridgehead atoms. The second-order valence-electron chi connectivity index (χ2n) is 4.47. The van der Waals surface area contributed by atoms with Crippen molar-refractivity contribution in [2.75, 3.05) is 0 Å². The van der Waals surface area contributed by atoms with Gasteiger partial charge in [-0.25, -0.2) is 0 Å². The second-order valence-corrected chi connectivity index (χ2v) is 4.47. The van der Waals surface area contributed by atoms with Gasteiger partial charge in [0.05, 0.1) is 5.69 Å². The number of hydrogen-bond acceptors (Lipinski definition) is 4. The third kappa shape index (κ3) is 3.71. The molecule has 0 aliphatic heterocycles. The molecule has 1 aromatic carbocycles. The summed E-state index contributed by atoms with van der Waals surface area (Å²) >= 11 is 0. The first-order valence-electron chi connectivity index (χ1n) is 6.27. The summed E-state index contributed by atoms with van der Waals surface area (Å²) in [7, 11) is 0. The molecule has 0 aliphatic carbocycles. The van der Waals surface area contributed by atoms with Gasteiger partial charge in [-0.15, -0.1) is 0 Å². The summed E-state index contributed by atoms with van der Waals surface area (Å²) in [6, 6.07) is 11.4. The van der Waals surface area contributed by atoms with Gasteiger partial charge in [-0.3, -0.25) is 4.98 Å². The number of aromatic nitrogens is 1. The number of aryl methyl sites for hydroxylation is 1. The maximum atomic E-state index is 8.52. The van der Waals surface area contributed by atoms with Crippen LogP contribution in [0.3, 0.4) is 0 Å². The molecule has 20 heavy (non-hydrogen) atoms. The number of amidine groups is 1. The van der Waals surface area contributed by atoms with Crippen LogP contribution in [0.1, 0.15) is 16.8 Å². The normalized spacial score (nSPS) is 11.3. The number of nitrogens with zero attached hydrogens (tertiary/aromatic N) is 2. The standard InChI is InChI=1S/C15H17N3O2/c1-11-3-2-8-17-14(11)10-20-13-6-4-12(5-7-13)9-15(16)18-19/h2-8,19H,9-10H2,1H3,(H2,16,18). The minimum Gasteiger partial charge on any atom is -0.487 e. The Hall–Kier alpha value is -2.56. The van der Waals surface area contributed by atoms with Crippen LogP contribution in [-0.2, 0) is 13.0 Å². The van der Waals surface area contributed by atoms with Crippen molar-refractivity contribution in [1.82, 2.24) is 4.98 Å². The molecule has 0 amide bonds. The summed E-state index contributed by atoms with van der Waals surface area (Å²) in [6.07, 6.45) is 2.17. The Bertz CT molecular complexity index is 594. The van der Waals surface area contributed by atoms with Gasteiger partial charge in [0.15, 0.2) is 0 Å². The Morgan fingerprint density at radius 3 is 2.70 bits per heavy atom. The zero-order valence-electron chi connectivity index (χ0n) is 11.3. The predicted molar refractivity (Wildman–Crippen MR) is 76.9 cm³/mol. The minimum absolute atomic E-state index is 0.183. The summed E-state index contributed by atoms with van der Waals surface area (Å²) in [4.78, 5) is 4.28. The van der Waals surface area contributed by atoms with E-state index in [2.05, 4.69) is 10.1 Å². The van der Waals surface area contributed by atoms with Crippen LogP contribution in [0.2, 0.25) is 0 Å². The minimum atomic E-state index is 0.183. The number of nitrogens with two attached hydrogens (primary N) is 1. The largest absolute Gasteiger partial charge is 0.487 e. The topological polar surface area (TPSA) is 80.7 Å². The summed E-state index contributed by atoms with van der Waals surface area (Å²) in [5.41, 5.74) is 8.45. The molecule has 0 aliphatic rings. The van der Waals surface area contributed by atoms with Crippen LogP contribution in [0.5, 0.6) is 5.75 Å². The Balaban J connectivity index is 1.96. The monoisotopic (exact) mass is 271 g/mol. The van der Waals surface area contributed by atoms with Crippen molar-refractivity contribution in [3.8, 4) is 5.75 Å². The number of rotatable bonds is 5. The smallest absolute Gasteiger partial charge is 0.143 e. The first-order chi connectivity index (χ1) is 9.69. The van der Waals surface area contributed by atoms with E-state index < -0.39 is 0 Å². The van der Waals surface area contributed by atoms with E-state index in [0.717, 1.165) is 22.6 Å². The molecule has 2 rings (SSSR count). The van der Waals surface area contributed by atoms with Gasteiger partial charge in [-0.05, 0) is 36.2 Å². The van der Waals surface area contributed by atoms with Crippen LogP contribution in [0.25, 0.3) is 0 Å². The molecular formula is C15H17N3O2. The molecule has 2 aromatic rings.